The van der Waals surface area contributed by atoms with Gasteiger partial charge in [0.1, 0.15) is 25.9 Å². The van der Waals surface area contributed by atoms with Crippen LogP contribution in [0.15, 0.2) is 50.2 Å². The van der Waals surface area contributed by atoms with E-state index in [9.17, 15) is 73.6 Å². The second-order valence-electron chi connectivity index (χ2n) is 26.2. The third kappa shape index (κ3) is 32.7. The molecule has 15 atom stereocenters. The van der Waals surface area contributed by atoms with Crippen LogP contribution in [-0.4, -0.2) is 268 Å². The van der Waals surface area contributed by atoms with Gasteiger partial charge in [0.25, 0.3) is 0 Å². The summed E-state index contributed by atoms with van der Waals surface area (Å²) in [4.78, 5) is 111. The predicted octanol–water partition coefficient (Wildman–Crippen LogP) is -1.15. The van der Waals surface area contributed by atoms with Crippen LogP contribution >= 0.6 is 0 Å². The Hall–Kier alpha value is -8.70. The third-order valence-electron chi connectivity index (χ3n) is 16.3. The number of aliphatic hydroxyl groups excluding tert-OH is 1. The molecule has 0 aromatic heterocycles. The van der Waals surface area contributed by atoms with Crippen molar-refractivity contribution < 1.29 is 126 Å². The molecule has 3 saturated heterocycles. The number of carbonyl (C=O) groups excluding carboxylic acids is 8. The van der Waals surface area contributed by atoms with Crippen LogP contribution in [0, 0.1) is 0 Å². The molecule has 6 aliphatic heterocycles. The van der Waals surface area contributed by atoms with Crippen LogP contribution in [0.3, 0.4) is 0 Å². The van der Waals surface area contributed by atoms with Crippen LogP contribution < -0.4 is 58.2 Å². The lowest BCUT2D eigenvalue weighted by Gasteiger charge is -2.41. The van der Waals surface area contributed by atoms with E-state index in [1.807, 2.05) is 0 Å². The number of hydrogen-bond donors (Lipinski definition) is 18. The van der Waals surface area contributed by atoms with Crippen LogP contribution in [0.25, 0.3) is 0 Å². The highest BCUT2D eigenvalue weighted by Gasteiger charge is 2.52. The quantitative estimate of drug-likeness (QED) is 0.00903. The van der Waals surface area contributed by atoms with Crippen LogP contribution in [0.2, 0.25) is 40.9 Å². The molecule has 0 saturated carbocycles. The number of cyclic esters (lactones) is 6. The smallest absolute Gasteiger partial charge is 0.490 e. The molecular weight excluding hydrogens is 1410 g/mol. The van der Waals surface area contributed by atoms with Crippen LogP contribution in [0.5, 0.6) is 0 Å². The van der Waals surface area contributed by atoms with E-state index < -0.39 is 176 Å². The lowest BCUT2D eigenvalue weighted by molar-refractivity contribution is -0.125. The average molecular weight is 1520 g/mol. The van der Waals surface area contributed by atoms with Gasteiger partial charge < -0.3 is 146 Å². The molecule has 0 spiro atoms. The van der Waals surface area contributed by atoms with E-state index in [-0.39, 0.29) is 51.0 Å². The number of alkyl carbamates (subject to hydrolysis) is 2. The molecule has 5 amide bonds. The average Bonchev–Trinajstić information content (AvgIpc) is 1.75. The normalized spacial score (nSPS) is 24.5. The summed E-state index contributed by atoms with van der Waals surface area (Å²) < 4.78 is 60.1. The van der Waals surface area contributed by atoms with Crippen molar-refractivity contribution in [1.29, 1.82) is 0 Å². The first-order valence-electron chi connectivity index (χ1n) is 35.5. The summed E-state index contributed by atoms with van der Waals surface area (Å²) in [7, 11) is -6.45. The Morgan fingerprint density at radius 1 is 0.439 bits per heavy atom. The highest BCUT2D eigenvalue weighted by atomic mass is 16.8. The Bertz CT molecular complexity index is 2950. The van der Waals surface area contributed by atoms with Crippen molar-refractivity contribution in [3.05, 3.63) is 35.5 Å². The summed E-state index contributed by atoms with van der Waals surface area (Å²) in [6.07, 6.45) is 0.702. The molecule has 6 heterocycles. The monoisotopic (exact) mass is 1520 g/mol. The van der Waals surface area contributed by atoms with Gasteiger partial charge in [0, 0.05) is 33.9 Å². The van der Waals surface area contributed by atoms with Gasteiger partial charge in [0.2, 0.25) is 17.7 Å². The van der Waals surface area contributed by atoms with Gasteiger partial charge in [0.15, 0.2) is 66.7 Å². The van der Waals surface area contributed by atoms with Crippen LogP contribution in [-0.2, 0) is 66.5 Å². The van der Waals surface area contributed by atoms with Crippen molar-refractivity contribution in [3.63, 3.8) is 0 Å². The molecule has 6 aliphatic rings. The molecule has 0 unspecified atom stereocenters. The van der Waals surface area contributed by atoms with Gasteiger partial charge in [-0.3, -0.25) is 29.1 Å². The number of unbranched alkanes of at least 4 members (excludes halogenated alkanes) is 10. The zero-order valence-electron chi connectivity index (χ0n) is 61.9. The van der Waals surface area contributed by atoms with Crippen molar-refractivity contribution in [2.75, 3.05) is 32.9 Å². The third-order valence-corrected chi connectivity index (χ3v) is 16.3. The van der Waals surface area contributed by atoms with E-state index in [1.54, 1.807) is 39.0 Å². The number of nitrogens with zero attached hydrogens (tertiary/aromatic N) is 3. The standard InChI is InChI=1S/C45H78B4N10O18.C15H26B2N4O8.CH4/c1-26-22-30(54-40(56-46(5)66)57-47(6)67)34(52-28(3)60)38(72-26)36(32-24-70-44(64)74-32)76-42(62)50-20-18-16-14-12-10-9-11-13-15-17-19-21-51-43(63)77-37(33-25-71-45(65)75-33)39-35(53-29(4)61)31(23-27(2)73-39)55-41(58-48(7)68)59-49(8)69;1-7-5-9(19-14(20-16(3)25)21-17(4)26)11(18-8(2)22)13(28-7)12(23)10-6-27-15(24)29-10;/h22-23,30-39,66-69H,9-21,24-25H2,1-8H3,(H,50,62)(H,51,63)(H,52,60)(H,53,61)(H2,54,56,57)(H2,55,58,59);5,9-13,23,25-26H,6H2,1-4H3,(H,18,22)(H2,19,20,21);1H4/t30-,31-,32+,33+,34+,35+,36+,37+,38+,39+;9-,10+,11+,12+,13+;/m00./s1. The van der Waals surface area contributed by atoms with E-state index in [1.165, 1.54) is 61.7 Å². The van der Waals surface area contributed by atoms with E-state index in [4.69, 9.17) is 52.1 Å². The summed E-state index contributed by atoms with van der Waals surface area (Å²) in [5, 5.41) is 101. The number of ether oxygens (including phenoxy) is 11. The largest absolute Gasteiger partial charge is 0.508 e. The first kappa shape index (κ1) is 90.7. The first-order valence-corrected chi connectivity index (χ1v) is 35.5. The number of allylic oxidation sites excluding steroid dienone is 3. The summed E-state index contributed by atoms with van der Waals surface area (Å²) in [6.45, 7) is 17.5. The molecule has 596 valence electrons. The number of hydrogen-bond acceptors (Lipinski definition) is 29. The Kier molecular flexibility index (Phi) is 38.9. The van der Waals surface area contributed by atoms with Crippen molar-refractivity contribution in [1.82, 2.24) is 58.2 Å². The Balaban J connectivity index is 0.000000671. The zero-order chi connectivity index (χ0) is 78.3. The van der Waals surface area contributed by atoms with E-state index in [2.05, 4.69) is 72.9 Å². The van der Waals surface area contributed by atoms with Crippen LogP contribution in [0.1, 0.15) is 120 Å². The van der Waals surface area contributed by atoms with Crippen molar-refractivity contribution in [2.45, 2.75) is 252 Å². The number of amides is 5. The molecule has 0 aromatic rings. The zero-order valence-corrected chi connectivity index (χ0v) is 61.9. The van der Waals surface area contributed by atoms with Gasteiger partial charge in [-0.25, -0.2) is 24.0 Å². The summed E-state index contributed by atoms with van der Waals surface area (Å²) >= 11 is 0. The minimum absolute atomic E-state index is 0. The van der Waals surface area contributed by atoms with E-state index in [0.29, 0.717) is 43.2 Å². The highest BCUT2D eigenvalue weighted by Crippen LogP contribution is 2.31. The van der Waals surface area contributed by atoms with Crippen LogP contribution in [0.4, 0.5) is 24.0 Å². The van der Waals surface area contributed by atoms with E-state index in [0.717, 1.165) is 57.8 Å². The van der Waals surface area contributed by atoms with Gasteiger partial charge in [0.05, 0.1) is 53.5 Å². The maximum absolute atomic E-state index is 13.2. The summed E-state index contributed by atoms with van der Waals surface area (Å²) in [5.41, 5.74) is 0. The van der Waals surface area contributed by atoms with Gasteiger partial charge in [-0.2, -0.15) is 0 Å². The lowest BCUT2D eigenvalue weighted by atomic mass is 9.87. The Morgan fingerprint density at radius 2 is 0.710 bits per heavy atom. The maximum Gasteiger partial charge on any atom is 0.508 e. The molecule has 107 heavy (non-hydrogen) atoms. The number of carbonyl (C=O) groups is 8. The molecule has 0 aliphatic carbocycles. The summed E-state index contributed by atoms with van der Waals surface area (Å²) in [5.74, 6) is 0.0364. The van der Waals surface area contributed by atoms with Gasteiger partial charge in [-0.15, -0.1) is 0 Å². The van der Waals surface area contributed by atoms with Gasteiger partial charge >= 0.3 is 73.0 Å². The second kappa shape index (κ2) is 45.8. The van der Waals surface area contributed by atoms with Crippen molar-refractivity contribution >= 4 is 109 Å². The van der Waals surface area contributed by atoms with Crippen molar-refractivity contribution in [2.24, 2.45) is 14.7 Å². The number of aliphatic hydroxyl groups is 1. The second-order valence-corrected chi connectivity index (χ2v) is 26.2. The minimum Gasteiger partial charge on any atom is -0.490 e. The van der Waals surface area contributed by atoms with Gasteiger partial charge in [-0.05, 0) is 92.8 Å². The minimum atomic E-state index is -1.30. The number of rotatable bonds is 34. The Labute approximate surface area is 625 Å². The van der Waals surface area contributed by atoms with Crippen molar-refractivity contribution in [3.8, 4) is 0 Å². The molecule has 0 bridgehead atoms. The molecule has 0 aromatic carbocycles. The first-order chi connectivity index (χ1) is 50.1. The van der Waals surface area contributed by atoms with E-state index >= 15 is 0 Å². The topological polar surface area (TPSA) is 549 Å². The fraction of sp³-hybridized carbons (Fsp3) is 0.721. The predicted molar refractivity (Wildman–Crippen MR) is 393 cm³/mol. The Morgan fingerprint density at radius 3 is 0.972 bits per heavy atom. The molecule has 3 fully saturated rings. The fourth-order valence-corrected chi connectivity index (χ4v) is 12.1. The lowest BCUT2D eigenvalue weighted by Crippen LogP contribution is -2.65. The maximum atomic E-state index is 13.2. The molecule has 18 N–H and O–H groups in total. The number of guanidine groups is 3. The SMILES string of the molecule is C.CB(O)N=C(NB(C)O)N[C@H]1C=C(C)O[C@@H]([C@H](O)[C@H]2COC(=O)O2)[C@@H]1NC(C)=O.CB(O)N=C(NB(C)O)N[C@H]1C=C(C)O[C@@H]([C@H](OC(=O)NCCCCCCCCCCCCCNC(=O)O[C@@H]([C@@H]2OC(C)=C[C@H](NC(=NB(C)O)NB(C)O)[C@H]2NC(C)=O)[C@H]2COC(=O)O2)[C@H]2COC(=O)O2)[C@@H]1NC(C)=O. The molecule has 6 rings (SSSR count). The molecule has 40 nitrogen and oxygen atoms in total. The molecule has 46 heteroatoms. The fourth-order valence-electron chi connectivity index (χ4n) is 12.1. The number of nitrogens with one attached hydrogen (secondary N) is 11. The molecular formula is C61H108B6N14O26. The summed E-state index contributed by atoms with van der Waals surface area (Å²) in [6, 6.07) is -4.86. The van der Waals surface area contributed by atoms with Gasteiger partial charge in [-0.1, -0.05) is 65.2 Å². The highest BCUT2D eigenvalue weighted by molar-refractivity contribution is 6.54. The molecule has 0 radical (unpaired) electrons.